The fourth-order valence-electron chi connectivity index (χ4n) is 1.40. The lowest BCUT2D eigenvalue weighted by molar-refractivity contribution is 0.193. The Balaban J connectivity index is 2.63. The number of aliphatic hydroxyl groups excluding tert-OH is 1. The first-order valence-corrected chi connectivity index (χ1v) is 4.57. The van der Waals surface area contributed by atoms with Crippen LogP contribution in [0.5, 0.6) is 0 Å². The maximum Gasteiger partial charge on any atom is 0.0487 e. The summed E-state index contributed by atoms with van der Waals surface area (Å²) in [6.45, 7) is 4.51. The third-order valence-corrected chi connectivity index (χ3v) is 3.85. The van der Waals surface area contributed by atoms with Gasteiger partial charge in [-0.15, -0.1) is 0 Å². The summed E-state index contributed by atoms with van der Waals surface area (Å²) in [7, 11) is 0. The van der Waals surface area contributed by atoms with Gasteiger partial charge in [-0.2, -0.15) is 11.8 Å². The number of hydrogen-bond donors (Lipinski definition) is 2. The van der Waals surface area contributed by atoms with E-state index in [1.165, 1.54) is 0 Å². The van der Waals surface area contributed by atoms with Gasteiger partial charge < -0.3 is 10.8 Å². The molecule has 0 aromatic heterocycles. The summed E-state index contributed by atoms with van der Waals surface area (Å²) >= 11 is 1.86. The zero-order valence-electron chi connectivity index (χ0n) is 6.50. The van der Waals surface area contributed by atoms with Crippen molar-refractivity contribution >= 4 is 11.8 Å². The normalized spacial score (nSPS) is 38.4. The van der Waals surface area contributed by atoms with Crippen LogP contribution < -0.4 is 5.73 Å². The number of rotatable bonds is 1. The highest BCUT2D eigenvalue weighted by atomic mass is 32.2. The minimum atomic E-state index is 0.175. The monoisotopic (exact) mass is 161 g/mol. The molecular formula is C7H15NOS. The van der Waals surface area contributed by atoms with Crippen molar-refractivity contribution in [1.82, 2.24) is 0 Å². The molecule has 3 heteroatoms. The Kier molecular flexibility index (Phi) is 2.28. The number of hydrogen-bond acceptors (Lipinski definition) is 3. The lowest BCUT2D eigenvalue weighted by Gasteiger charge is -2.25. The summed E-state index contributed by atoms with van der Waals surface area (Å²) < 4.78 is 0.175. The van der Waals surface area contributed by atoms with Crippen molar-refractivity contribution in [2.75, 3.05) is 12.4 Å². The van der Waals surface area contributed by atoms with E-state index in [9.17, 15) is 0 Å². The highest BCUT2D eigenvalue weighted by Crippen LogP contribution is 2.41. The first-order chi connectivity index (χ1) is 4.58. The molecule has 1 aliphatic heterocycles. The average molecular weight is 161 g/mol. The van der Waals surface area contributed by atoms with E-state index in [-0.39, 0.29) is 23.3 Å². The summed E-state index contributed by atoms with van der Waals surface area (Å²) in [5.74, 6) is 1.26. The predicted molar refractivity (Wildman–Crippen MR) is 45.1 cm³/mol. The van der Waals surface area contributed by atoms with Gasteiger partial charge in [0.05, 0.1) is 0 Å². The molecule has 0 saturated carbocycles. The first-order valence-electron chi connectivity index (χ1n) is 3.58. The molecule has 0 radical (unpaired) electrons. The van der Waals surface area contributed by atoms with E-state index in [4.69, 9.17) is 10.8 Å². The Labute approximate surface area is 66.2 Å². The van der Waals surface area contributed by atoms with Gasteiger partial charge in [-0.1, -0.05) is 13.8 Å². The molecule has 0 aliphatic carbocycles. The summed E-state index contributed by atoms with van der Waals surface area (Å²) in [5.41, 5.74) is 5.78. The number of nitrogens with two attached hydrogens (primary N) is 1. The number of aliphatic hydroxyl groups is 1. The highest BCUT2D eigenvalue weighted by Gasteiger charge is 2.40. The molecule has 1 rings (SSSR count). The topological polar surface area (TPSA) is 46.2 Å². The summed E-state index contributed by atoms with van der Waals surface area (Å²) in [6, 6.07) is 0.185. The maximum atomic E-state index is 8.98. The summed E-state index contributed by atoms with van der Waals surface area (Å²) in [4.78, 5) is 0. The van der Waals surface area contributed by atoms with E-state index in [0.29, 0.717) is 0 Å². The fourth-order valence-corrected chi connectivity index (χ4v) is 2.72. The smallest absolute Gasteiger partial charge is 0.0487 e. The zero-order valence-corrected chi connectivity index (χ0v) is 7.32. The molecule has 1 saturated heterocycles. The molecule has 0 aromatic rings. The Hall–Kier alpha value is 0.270. The third-order valence-electron chi connectivity index (χ3n) is 2.25. The van der Waals surface area contributed by atoms with Crippen molar-refractivity contribution in [2.24, 2.45) is 11.7 Å². The Morgan fingerprint density at radius 2 is 2.30 bits per heavy atom. The van der Waals surface area contributed by atoms with Crippen LogP contribution in [0, 0.1) is 5.92 Å². The van der Waals surface area contributed by atoms with Crippen molar-refractivity contribution < 1.29 is 5.11 Å². The van der Waals surface area contributed by atoms with Crippen LogP contribution in [0.25, 0.3) is 0 Å². The quantitative estimate of drug-likeness (QED) is 0.587. The van der Waals surface area contributed by atoms with Gasteiger partial charge in [-0.05, 0) is 0 Å². The van der Waals surface area contributed by atoms with Gasteiger partial charge in [0, 0.05) is 29.1 Å². The van der Waals surface area contributed by atoms with Crippen molar-refractivity contribution in [3.05, 3.63) is 0 Å². The van der Waals surface area contributed by atoms with Crippen LogP contribution in [-0.2, 0) is 0 Å². The molecule has 0 amide bonds. The van der Waals surface area contributed by atoms with Gasteiger partial charge in [0.1, 0.15) is 0 Å². The molecular weight excluding hydrogens is 146 g/mol. The first kappa shape index (κ1) is 8.37. The van der Waals surface area contributed by atoms with Crippen LogP contribution >= 0.6 is 11.8 Å². The summed E-state index contributed by atoms with van der Waals surface area (Å²) in [5, 5.41) is 8.98. The van der Waals surface area contributed by atoms with E-state index in [0.717, 1.165) is 5.75 Å². The minimum absolute atomic E-state index is 0.175. The molecule has 3 N–H and O–H groups in total. The van der Waals surface area contributed by atoms with Crippen LogP contribution in [-0.4, -0.2) is 28.3 Å². The molecule has 10 heavy (non-hydrogen) atoms. The van der Waals surface area contributed by atoms with E-state index < -0.39 is 0 Å². The van der Waals surface area contributed by atoms with Crippen LogP contribution in [0.2, 0.25) is 0 Å². The standard InChI is InChI=1S/C7H15NOS/c1-7(2)5(3-9)6(8)4-10-7/h5-6,9H,3-4,8H2,1-2H3. The molecule has 0 bridgehead atoms. The van der Waals surface area contributed by atoms with Crippen LogP contribution in [0.4, 0.5) is 0 Å². The summed E-state index contributed by atoms with van der Waals surface area (Å²) in [6.07, 6.45) is 0. The van der Waals surface area contributed by atoms with E-state index >= 15 is 0 Å². The fraction of sp³-hybridized carbons (Fsp3) is 1.00. The van der Waals surface area contributed by atoms with Gasteiger partial charge in [0.15, 0.2) is 0 Å². The highest BCUT2D eigenvalue weighted by molar-refractivity contribution is 8.00. The van der Waals surface area contributed by atoms with Crippen molar-refractivity contribution in [2.45, 2.75) is 24.6 Å². The molecule has 2 nitrogen and oxygen atoms in total. The molecule has 2 atom stereocenters. The van der Waals surface area contributed by atoms with Gasteiger partial charge in [-0.25, -0.2) is 0 Å². The second-order valence-electron chi connectivity index (χ2n) is 3.37. The second-order valence-corrected chi connectivity index (χ2v) is 5.04. The van der Waals surface area contributed by atoms with Crippen LogP contribution in [0.15, 0.2) is 0 Å². The van der Waals surface area contributed by atoms with Gasteiger partial charge >= 0.3 is 0 Å². The van der Waals surface area contributed by atoms with E-state index in [1.807, 2.05) is 11.8 Å². The van der Waals surface area contributed by atoms with Gasteiger partial charge in [-0.3, -0.25) is 0 Å². The van der Waals surface area contributed by atoms with Gasteiger partial charge in [0.2, 0.25) is 0 Å². The molecule has 60 valence electrons. The largest absolute Gasteiger partial charge is 0.396 e. The zero-order chi connectivity index (χ0) is 7.78. The molecule has 2 unspecified atom stereocenters. The van der Waals surface area contributed by atoms with Crippen molar-refractivity contribution in [3.63, 3.8) is 0 Å². The van der Waals surface area contributed by atoms with Gasteiger partial charge in [0.25, 0.3) is 0 Å². The SMILES string of the molecule is CC1(C)SCC(N)C1CO. The van der Waals surface area contributed by atoms with Crippen LogP contribution in [0.1, 0.15) is 13.8 Å². The second kappa shape index (κ2) is 2.72. The Morgan fingerprint density at radius 3 is 2.50 bits per heavy atom. The Bertz CT molecular complexity index is 127. The molecule has 1 fully saturated rings. The number of thioether (sulfide) groups is 1. The molecule has 0 spiro atoms. The van der Waals surface area contributed by atoms with Crippen molar-refractivity contribution in [3.8, 4) is 0 Å². The minimum Gasteiger partial charge on any atom is -0.396 e. The Morgan fingerprint density at radius 1 is 1.70 bits per heavy atom. The van der Waals surface area contributed by atoms with Crippen molar-refractivity contribution in [1.29, 1.82) is 0 Å². The predicted octanol–water partition coefficient (Wildman–Crippen LogP) is 0.448. The maximum absolute atomic E-state index is 8.98. The van der Waals surface area contributed by atoms with Crippen LogP contribution in [0.3, 0.4) is 0 Å². The molecule has 0 aromatic carbocycles. The third kappa shape index (κ3) is 1.31. The van der Waals surface area contributed by atoms with E-state index in [2.05, 4.69) is 13.8 Å². The average Bonchev–Trinajstić information content (AvgIpc) is 2.07. The lowest BCUT2D eigenvalue weighted by atomic mass is 9.90. The molecule has 1 heterocycles. The molecule has 1 aliphatic rings. The van der Waals surface area contributed by atoms with E-state index in [1.54, 1.807) is 0 Å². The lowest BCUT2D eigenvalue weighted by Crippen LogP contribution is -2.38.